The molecule has 1 aliphatic rings. The summed E-state index contributed by atoms with van der Waals surface area (Å²) in [4.78, 5) is 2.05. The summed E-state index contributed by atoms with van der Waals surface area (Å²) in [5.41, 5.74) is 2.28. The summed E-state index contributed by atoms with van der Waals surface area (Å²) in [6, 6.07) is 2.22. The van der Waals surface area contributed by atoms with Crippen LogP contribution in [0.3, 0.4) is 0 Å². The van der Waals surface area contributed by atoms with Crippen LogP contribution in [-0.4, -0.2) is 34.5 Å². The second kappa shape index (κ2) is 4.91. The molecule has 0 saturated carbocycles. The normalized spacial score (nSPS) is 23.8. The topological polar surface area (TPSA) is 73.0 Å². The Balaban J connectivity index is 2.35. The summed E-state index contributed by atoms with van der Waals surface area (Å²) >= 11 is 0. The first-order valence-corrected chi connectivity index (χ1v) is 6.21. The van der Waals surface area contributed by atoms with Crippen LogP contribution in [0, 0.1) is 31.1 Å². The van der Waals surface area contributed by atoms with Crippen LogP contribution in [0.5, 0.6) is 0 Å². The Morgan fingerprint density at radius 3 is 2.72 bits per heavy atom. The van der Waals surface area contributed by atoms with Crippen molar-refractivity contribution < 1.29 is 5.11 Å². The molecule has 0 radical (unpaired) electrons. The van der Waals surface area contributed by atoms with Gasteiger partial charge in [0.2, 0.25) is 0 Å². The highest BCUT2D eigenvalue weighted by atomic mass is 16.3. The molecule has 5 heteroatoms. The Morgan fingerprint density at radius 2 is 2.11 bits per heavy atom. The number of piperidine rings is 1. The van der Waals surface area contributed by atoms with E-state index in [1.165, 1.54) is 0 Å². The molecule has 1 N–H and O–H groups in total. The molecule has 96 valence electrons. The van der Waals surface area contributed by atoms with Crippen molar-refractivity contribution in [2.75, 3.05) is 18.0 Å². The van der Waals surface area contributed by atoms with Crippen molar-refractivity contribution in [2.45, 2.75) is 33.3 Å². The summed E-state index contributed by atoms with van der Waals surface area (Å²) in [6.07, 6.45) is 0.451. The molecular formula is C13H18N4O. The van der Waals surface area contributed by atoms with E-state index < -0.39 is 0 Å². The molecule has 1 saturated heterocycles. The van der Waals surface area contributed by atoms with Crippen LogP contribution in [0.2, 0.25) is 0 Å². The first kappa shape index (κ1) is 12.8. The number of nitrogens with zero attached hydrogens (tertiary/aromatic N) is 4. The second-order valence-electron chi connectivity index (χ2n) is 5.00. The summed E-state index contributed by atoms with van der Waals surface area (Å²) in [6.45, 7) is 7.20. The van der Waals surface area contributed by atoms with Crippen molar-refractivity contribution >= 4 is 5.82 Å². The lowest BCUT2D eigenvalue weighted by Crippen LogP contribution is -2.42. The van der Waals surface area contributed by atoms with Crippen molar-refractivity contribution in [3.8, 4) is 6.07 Å². The van der Waals surface area contributed by atoms with Crippen LogP contribution < -0.4 is 4.90 Å². The predicted molar refractivity (Wildman–Crippen MR) is 68.2 cm³/mol. The molecule has 1 fully saturated rings. The zero-order valence-electron chi connectivity index (χ0n) is 11.0. The lowest BCUT2D eigenvalue weighted by atomic mass is 9.96. The van der Waals surface area contributed by atoms with Gasteiger partial charge in [0.25, 0.3) is 0 Å². The molecule has 5 nitrogen and oxygen atoms in total. The number of anilines is 1. The van der Waals surface area contributed by atoms with Gasteiger partial charge >= 0.3 is 0 Å². The first-order valence-electron chi connectivity index (χ1n) is 6.21. The largest absolute Gasteiger partial charge is 0.393 e. The standard InChI is InChI=1S/C13H18N4O/c1-8-7-17(5-4-12(8)18)13-11(6-14)9(2)10(3)15-16-13/h8,12,18H,4-5,7H2,1-3H3. The molecule has 1 aromatic heterocycles. The molecule has 2 rings (SSSR count). The molecule has 1 aromatic rings. The van der Waals surface area contributed by atoms with Crippen LogP contribution >= 0.6 is 0 Å². The molecule has 2 unspecified atom stereocenters. The molecule has 0 spiro atoms. The van der Waals surface area contributed by atoms with E-state index in [1.54, 1.807) is 0 Å². The fraction of sp³-hybridized carbons (Fsp3) is 0.615. The van der Waals surface area contributed by atoms with Gasteiger partial charge in [-0.05, 0) is 31.7 Å². The molecule has 18 heavy (non-hydrogen) atoms. The third-order valence-corrected chi connectivity index (χ3v) is 3.71. The Labute approximate surface area is 107 Å². The van der Waals surface area contributed by atoms with Gasteiger partial charge in [-0.1, -0.05) is 6.92 Å². The van der Waals surface area contributed by atoms with E-state index in [4.69, 9.17) is 0 Å². The number of hydrogen-bond donors (Lipinski definition) is 1. The number of aliphatic hydroxyl groups is 1. The zero-order valence-corrected chi connectivity index (χ0v) is 11.0. The Kier molecular flexibility index (Phi) is 3.48. The minimum Gasteiger partial charge on any atom is -0.393 e. The van der Waals surface area contributed by atoms with E-state index >= 15 is 0 Å². The first-order chi connectivity index (χ1) is 8.54. The maximum absolute atomic E-state index is 9.74. The molecule has 0 aliphatic carbocycles. The third kappa shape index (κ3) is 2.16. The fourth-order valence-corrected chi connectivity index (χ4v) is 2.28. The van der Waals surface area contributed by atoms with Crippen LogP contribution in [0.25, 0.3) is 0 Å². The second-order valence-corrected chi connectivity index (χ2v) is 5.00. The number of nitriles is 1. The zero-order chi connectivity index (χ0) is 13.3. The number of rotatable bonds is 1. The summed E-state index contributed by atoms with van der Waals surface area (Å²) in [7, 11) is 0. The molecule has 0 bridgehead atoms. The van der Waals surface area contributed by atoms with Gasteiger partial charge in [0.15, 0.2) is 5.82 Å². The molecular weight excluding hydrogens is 228 g/mol. The third-order valence-electron chi connectivity index (χ3n) is 3.71. The lowest BCUT2D eigenvalue weighted by Gasteiger charge is -2.35. The summed E-state index contributed by atoms with van der Waals surface area (Å²) in [5.74, 6) is 0.841. The quantitative estimate of drug-likeness (QED) is 0.805. The average molecular weight is 246 g/mol. The van der Waals surface area contributed by atoms with Gasteiger partial charge in [0, 0.05) is 13.1 Å². The van der Waals surface area contributed by atoms with Crippen molar-refractivity contribution in [1.29, 1.82) is 5.26 Å². The van der Waals surface area contributed by atoms with Gasteiger partial charge in [-0.25, -0.2) is 0 Å². The summed E-state index contributed by atoms with van der Waals surface area (Å²) < 4.78 is 0. The van der Waals surface area contributed by atoms with E-state index in [-0.39, 0.29) is 12.0 Å². The van der Waals surface area contributed by atoms with Crippen molar-refractivity contribution in [2.24, 2.45) is 5.92 Å². The van der Waals surface area contributed by atoms with Gasteiger partial charge in [-0.15, -0.1) is 5.10 Å². The predicted octanol–water partition coefficient (Wildman–Crippen LogP) is 1.17. The average Bonchev–Trinajstić information content (AvgIpc) is 2.36. The van der Waals surface area contributed by atoms with Gasteiger partial charge < -0.3 is 10.0 Å². The van der Waals surface area contributed by atoms with Crippen LogP contribution in [0.15, 0.2) is 0 Å². The Hall–Kier alpha value is -1.67. The van der Waals surface area contributed by atoms with Gasteiger partial charge in [0.1, 0.15) is 11.6 Å². The van der Waals surface area contributed by atoms with Crippen LogP contribution in [0.1, 0.15) is 30.2 Å². The SMILES string of the molecule is Cc1nnc(N2CCC(O)C(C)C2)c(C#N)c1C. The molecule has 2 atom stereocenters. The van der Waals surface area contributed by atoms with Crippen LogP contribution in [0.4, 0.5) is 5.82 Å². The van der Waals surface area contributed by atoms with Gasteiger partial charge in [0.05, 0.1) is 11.8 Å². The van der Waals surface area contributed by atoms with E-state index in [0.717, 1.165) is 17.8 Å². The number of aryl methyl sites for hydroxylation is 1. The highest BCUT2D eigenvalue weighted by molar-refractivity contribution is 5.57. The molecule has 0 aromatic carbocycles. The Morgan fingerprint density at radius 1 is 1.39 bits per heavy atom. The van der Waals surface area contributed by atoms with E-state index in [0.29, 0.717) is 24.3 Å². The molecule has 2 heterocycles. The number of aromatic nitrogens is 2. The minimum absolute atomic E-state index is 0.189. The maximum Gasteiger partial charge on any atom is 0.169 e. The van der Waals surface area contributed by atoms with Gasteiger partial charge in [-0.3, -0.25) is 0 Å². The fourth-order valence-electron chi connectivity index (χ4n) is 2.28. The van der Waals surface area contributed by atoms with E-state index in [9.17, 15) is 10.4 Å². The van der Waals surface area contributed by atoms with Crippen LogP contribution in [-0.2, 0) is 0 Å². The summed E-state index contributed by atoms with van der Waals surface area (Å²) in [5, 5.41) is 27.3. The van der Waals surface area contributed by atoms with Crippen molar-refractivity contribution in [3.63, 3.8) is 0 Å². The number of hydrogen-bond acceptors (Lipinski definition) is 5. The monoisotopic (exact) mass is 246 g/mol. The Bertz CT molecular complexity index is 494. The van der Waals surface area contributed by atoms with Gasteiger partial charge in [-0.2, -0.15) is 10.4 Å². The van der Waals surface area contributed by atoms with Crippen molar-refractivity contribution in [3.05, 3.63) is 16.8 Å². The lowest BCUT2D eigenvalue weighted by molar-refractivity contribution is 0.0968. The van der Waals surface area contributed by atoms with Crippen molar-refractivity contribution in [1.82, 2.24) is 10.2 Å². The van der Waals surface area contributed by atoms with E-state index in [1.807, 2.05) is 20.8 Å². The smallest absolute Gasteiger partial charge is 0.169 e. The maximum atomic E-state index is 9.74. The number of aliphatic hydroxyl groups excluding tert-OH is 1. The minimum atomic E-state index is -0.258. The molecule has 1 aliphatic heterocycles. The van der Waals surface area contributed by atoms with E-state index in [2.05, 4.69) is 21.2 Å². The highest BCUT2D eigenvalue weighted by Crippen LogP contribution is 2.26. The molecule has 0 amide bonds. The highest BCUT2D eigenvalue weighted by Gasteiger charge is 2.27.